The normalized spacial score (nSPS) is 14.6. The van der Waals surface area contributed by atoms with Crippen LogP contribution in [0.4, 0.5) is 24.5 Å². The Morgan fingerprint density at radius 1 is 1.06 bits per heavy atom. The Morgan fingerprint density at radius 3 is 2.24 bits per heavy atom. The van der Waals surface area contributed by atoms with Crippen LogP contribution in [0.5, 0.6) is 5.75 Å². The van der Waals surface area contributed by atoms with Gasteiger partial charge in [-0.05, 0) is 36.4 Å². The Kier molecular flexibility index (Phi) is 6.96. The van der Waals surface area contributed by atoms with Gasteiger partial charge in [0.15, 0.2) is 0 Å². The lowest BCUT2D eigenvalue weighted by Crippen LogP contribution is -2.48. The van der Waals surface area contributed by atoms with Gasteiger partial charge < -0.3 is 19.6 Å². The molecule has 1 amide bonds. The number of halogens is 3. The summed E-state index contributed by atoms with van der Waals surface area (Å²) in [6, 6.07) is 5.84. The molecule has 2 aromatic carbocycles. The van der Waals surface area contributed by atoms with E-state index in [-0.39, 0.29) is 41.7 Å². The van der Waals surface area contributed by atoms with E-state index in [1.165, 1.54) is 14.0 Å². The van der Waals surface area contributed by atoms with E-state index >= 15 is 0 Å². The number of ether oxygens (including phenoxy) is 1. The molecule has 34 heavy (non-hydrogen) atoms. The van der Waals surface area contributed by atoms with Gasteiger partial charge in [0.1, 0.15) is 10.6 Å². The number of hydrogen-bond acceptors (Lipinski definition) is 6. The number of amides is 1. The molecule has 0 aliphatic carbocycles. The minimum Gasteiger partial charge on any atom is -0.495 e. The Balaban J connectivity index is 2.05. The lowest BCUT2D eigenvalue weighted by atomic mass is 10.1. The van der Waals surface area contributed by atoms with E-state index < -0.39 is 32.6 Å². The Morgan fingerprint density at radius 2 is 1.71 bits per heavy atom. The Labute approximate surface area is 193 Å². The molecule has 0 unspecified atom stereocenters. The van der Waals surface area contributed by atoms with Gasteiger partial charge in [-0.1, -0.05) is 0 Å². The maximum atomic E-state index is 13.4. The highest BCUT2D eigenvalue weighted by atomic mass is 32.2. The summed E-state index contributed by atoms with van der Waals surface area (Å²) in [7, 11) is -3.38. The monoisotopic (exact) mass is 501 g/mol. The van der Waals surface area contributed by atoms with Crippen molar-refractivity contribution in [3.63, 3.8) is 0 Å². The van der Waals surface area contributed by atoms with E-state index in [2.05, 4.69) is 4.72 Å². The van der Waals surface area contributed by atoms with Gasteiger partial charge in [-0.3, -0.25) is 9.52 Å². The third kappa shape index (κ3) is 5.35. The van der Waals surface area contributed by atoms with Crippen molar-refractivity contribution in [2.75, 3.05) is 42.9 Å². The van der Waals surface area contributed by atoms with Gasteiger partial charge in [0.2, 0.25) is 5.91 Å². The molecule has 0 spiro atoms. The SMILES string of the molecule is COc1ccc(C(=O)O)cc1S(=O)(=O)Nc1cc(C(F)(F)F)ccc1N1CCN(C(C)=O)CC1. The van der Waals surface area contributed by atoms with Gasteiger partial charge in [0.25, 0.3) is 10.0 Å². The van der Waals surface area contributed by atoms with Crippen LogP contribution in [-0.2, 0) is 21.0 Å². The molecule has 1 aliphatic rings. The second-order valence-electron chi connectivity index (χ2n) is 7.50. The molecule has 13 heteroatoms. The van der Waals surface area contributed by atoms with E-state index in [0.29, 0.717) is 19.2 Å². The number of aromatic carboxylic acids is 1. The first kappa shape index (κ1) is 25.1. The molecule has 1 saturated heterocycles. The smallest absolute Gasteiger partial charge is 0.416 e. The molecule has 0 bridgehead atoms. The molecule has 0 saturated carbocycles. The number of carbonyl (C=O) groups excluding carboxylic acids is 1. The van der Waals surface area contributed by atoms with Crippen LogP contribution >= 0.6 is 0 Å². The topological polar surface area (TPSA) is 116 Å². The summed E-state index contributed by atoms with van der Waals surface area (Å²) >= 11 is 0. The van der Waals surface area contributed by atoms with Crippen LogP contribution in [0, 0.1) is 0 Å². The van der Waals surface area contributed by atoms with Gasteiger partial charge >= 0.3 is 12.1 Å². The van der Waals surface area contributed by atoms with Crippen LogP contribution in [0.15, 0.2) is 41.3 Å². The number of nitrogens with one attached hydrogen (secondary N) is 1. The molecule has 0 atom stereocenters. The number of piperazine rings is 1. The molecule has 2 aromatic rings. The van der Waals surface area contributed by atoms with E-state index in [1.807, 2.05) is 0 Å². The van der Waals surface area contributed by atoms with Crippen LogP contribution < -0.4 is 14.4 Å². The van der Waals surface area contributed by atoms with Crippen LogP contribution in [-0.4, -0.2) is 63.6 Å². The van der Waals surface area contributed by atoms with E-state index in [4.69, 9.17) is 4.74 Å². The lowest BCUT2D eigenvalue weighted by molar-refractivity contribution is -0.137. The summed E-state index contributed by atoms with van der Waals surface area (Å²) in [5.41, 5.74) is -1.56. The van der Waals surface area contributed by atoms with E-state index in [9.17, 15) is 36.3 Å². The van der Waals surface area contributed by atoms with Crippen molar-refractivity contribution in [1.29, 1.82) is 0 Å². The summed E-state index contributed by atoms with van der Waals surface area (Å²) in [4.78, 5) is 25.6. The Bertz CT molecular complexity index is 1210. The number of sulfonamides is 1. The maximum Gasteiger partial charge on any atom is 0.416 e. The largest absolute Gasteiger partial charge is 0.495 e. The molecule has 1 heterocycles. The highest BCUT2D eigenvalue weighted by molar-refractivity contribution is 7.92. The van der Waals surface area contributed by atoms with Crippen molar-refractivity contribution in [1.82, 2.24) is 4.90 Å². The summed E-state index contributed by atoms with van der Waals surface area (Å²) in [6.07, 6.45) is -4.73. The number of methoxy groups -OCH3 is 1. The number of carboxylic acids is 1. The van der Waals surface area contributed by atoms with E-state index in [1.54, 1.807) is 9.80 Å². The number of carbonyl (C=O) groups is 2. The van der Waals surface area contributed by atoms with Crippen molar-refractivity contribution < 1.29 is 41.0 Å². The van der Waals surface area contributed by atoms with Crippen LogP contribution in [0.3, 0.4) is 0 Å². The van der Waals surface area contributed by atoms with Crippen molar-refractivity contribution in [2.45, 2.75) is 18.0 Å². The predicted octanol–water partition coefficient (Wildman–Crippen LogP) is 2.88. The van der Waals surface area contributed by atoms with Crippen LogP contribution in [0.2, 0.25) is 0 Å². The van der Waals surface area contributed by atoms with E-state index in [0.717, 1.165) is 30.3 Å². The van der Waals surface area contributed by atoms with Gasteiger partial charge in [0.05, 0.1) is 29.6 Å². The summed E-state index contributed by atoms with van der Waals surface area (Å²) < 4.78 is 73.6. The predicted molar refractivity (Wildman–Crippen MR) is 117 cm³/mol. The zero-order valence-corrected chi connectivity index (χ0v) is 19.0. The first-order valence-corrected chi connectivity index (χ1v) is 11.5. The zero-order valence-electron chi connectivity index (χ0n) is 18.2. The molecule has 3 rings (SSSR count). The summed E-state index contributed by atoms with van der Waals surface area (Å²) in [5, 5.41) is 9.21. The molecule has 9 nitrogen and oxygen atoms in total. The average molecular weight is 501 g/mol. The second kappa shape index (κ2) is 9.41. The van der Waals surface area contributed by atoms with Gasteiger partial charge in [-0.15, -0.1) is 0 Å². The minimum atomic E-state index is -4.73. The number of alkyl halides is 3. The molecule has 184 valence electrons. The molecule has 2 N–H and O–H groups in total. The summed E-state index contributed by atoms with van der Waals surface area (Å²) in [5.74, 6) is -1.71. The van der Waals surface area contributed by atoms with Crippen molar-refractivity contribution >= 4 is 33.3 Å². The highest BCUT2D eigenvalue weighted by Crippen LogP contribution is 2.37. The fourth-order valence-corrected chi connectivity index (χ4v) is 4.81. The number of hydrogen-bond donors (Lipinski definition) is 2. The lowest BCUT2D eigenvalue weighted by Gasteiger charge is -2.36. The zero-order chi connectivity index (χ0) is 25.3. The Hall–Kier alpha value is -3.48. The van der Waals surface area contributed by atoms with Crippen molar-refractivity contribution in [3.8, 4) is 5.75 Å². The van der Waals surface area contributed by atoms with Gasteiger partial charge in [-0.2, -0.15) is 13.2 Å². The molecular formula is C21H22F3N3O6S. The fourth-order valence-electron chi connectivity index (χ4n) is 3.55. The number of benzene rings is 2. The first-order valence-electron chi connectivity index (χ1n) is 9.99. The molecule has 1 aliphatic heterocycles. The molecule has 1 fully saturated rings. The average Bonchev–Trinajstić information content (AvgIpc) is 2.77. The van der Waals surface area contributed by atoms with Crippen molar-refractivity contribution in [2.24, 2.45) is 0 Å². The fraction of sp³-hybridized carbons (Fsp3) is 0.333. The third-order valence-electron chi connectivity index (χ3n) is 5.33. The summed E-state index contributed by atoms with van der Waals surface area (Å²) in [6.45, 7) is 2.59. The van der Waals surface area contributed by atoms with Crippen LogP contribution in [0.1, 0.15) is 22.8 Å². The van der Waals surface area contributed by atoms with Gasteiger partial charge in [-0.25, -0.2) is 13.2 Å². The van der Waals surface area contributed by atoms with Crippen LogP contribution in [0.25, 0.3) is 0 Å². The molecule has 0 aromatic heterocycles. The number of carboxylic acid groups (broad SMARTS) is 1. The molecular weight excluding hydrogens is 479 g/mol. The highest BCUT2D eigenvalue weighted by Gasteiger charge is 2.33. The maximum absolute atomic E-state index is 13.4. The molecule has 0 radical (unpaired) electrons. The standard InChI is InChI=1S/C21H22F3N3O6S/c1-13(28)26-7-9-27(10-8-26)17-5-4-15(21(22,23)24)12-16(17)25-34(31,32)19-11-14(20(29)30)3-6-18(19)33-2/h3-6,11-12,25H,7-10H2,1-2H3,(H,29,30). The quantitative estimate of drug-likeness (QED) is 0.625. The second-order valence-corrected chi connectivity index (χ2v) is 9.15. The number of rotatable bonds is 6. The van der Waals surface area contributed by atoms with Crippen molar-refractivity contribution in [3.05, 3.63) is 47.5 Å². The number of anilines is 2. The number of nitrogens with zero attached hydrogens (tertiary/aromatic N) is 2. The third-order valence-corrected chi connectivity index (χ3v) is 6.72. The first-order chi connectivity index (χ1) is 15.8. The van der Waals surface area contributed by atoms with Gasteiger partial charge in [0, 0.05) is 33.1 Å². The minimum absolute atomic E-state index is 0.140.